The molecule has 2 aromatic rings. The summed E-state index contributed by atoms with van der Waals surface area (Å²) in [4.78, 5) is 16.9. The van der Waals surface area contributed by atoms with Crippen molar-refractivity contribution in [1.29, 1.82) is 0 Å². The van der Waals surface area contributed by atoms with Crippen LogP contribution in [0.5, 0.6) is 0 Å². The van der Waals surface area contributed by atoms with Gasteiger partial charge in [-0.15, -0.1) is 0 Å². The van der Waals surface area contributed by atoms with Gasteiger partial charge in [-0.3, -0.25) is 4.79 Å². The molecule has 0 spiro atoms. The van der Waals surface area contributed by atoms with Crippen LogP contribution in [-0.4, -0.2) is 60.7 Å². The van der Waals surface area contributed by atoms with Crippen molar-refractivity contribution in [2.45, 2.75) is 64.0 Å². The number of unbranched alkanes of at least 4 members (excludes halogenated alkanes) is 1. The summed E-state index contributed by atoms with van der Waals surface area (Å²) in [5, 5.41) is 0. The summed E-state index contributed by atoms with van der Waals surface area (Å²) in [5.41, 5.74) is 1.52. The number of imidazole rings is 1. The molecule has 8 nitrogen and oxygen atoms in total. The SMILES string of the molecule is CCCCn1c(CCC(=O)OC(C)C)nc2cc(S(=O)(=O)N3CCOCC3)ccc21. The first-order valence-corrected chi connectivity index (χ1v) is 12.0. The van der Waals surface area contributed by atoms with Gasteiger partial charge in [0.2, 0.25) is 10.0 Å². The number of aryl methyl sites for hydroxylation is 2. The number of ether oxygens (including phenoxy) is 2. The van der Waals surface area contributed by atoms with Crippen LogP contribution in [0.15, 0.2) is 23.1 Å². The van der Waals surface area contributed by atoms with Gasteiger partial charge in [0, 0.05) is 26.1 Å². The monoisotopic (exact) mass is 437 g/mol. The largest absolute Gasteiger partial charge is 0.463 e. The summed E-state index contributed by atoms with van der Waals surface area (Å²) < 4.78 is 40.0. The van der Waals surface area contributed by atoms with Crippen LogP contribution in [0.4, 0.5) is 0 Å². The zero-order valence-corrected chi connectivity index (χ0v) is 18.8. The van der Waals surface area contributed by atoms with E-state index in [2.05, 4.69) is 16.5 Å². The standard InChI is InChI=1S/C21H31N3O5S/c1-4-5-10-24-19-7-6-17(30(26,27)23-11-13-28-14-12-23)15-18(19)22-20(24)8-9-21(25)29-16(2)3/h6-7,15-16H,4-5,8-14H2,1-3H3. The molecule has 1 fully saturated rings. The van der Waals surface area contributed by atoms with Crippen LogP contribution in [0.25, 0.3) is 11.0 Å². The van der Waals surface area contributed by atoms with E-state index < -0.39 is 10.0 Å². The third-order valence-corrected chi connectivity index (χ3v) is 6.96. The Morgan fingerprint density at radius 2 is 2.00 bits per heavy atom. The highest BCUT2D eigenvalue weighted by Crippen LogP contribution is 2.24. The molecule has 0 aliphatic carbocycles. The summed E-state index contributed by atoms with van der Waals surface area (Å²) in [6, 6.07) is 5.10. The Labute approximate surface area is 178 Å². The van der Waals surface area contributed by atoms with Gasteiger partial charge in [0.1, 0.15) is 5.82 Å². The number of sulfonamides is 1. The van der Waals surface area contributed by atoms with E-state index >= 15 is 0 Å². The van der Waals surface area contributed by atoms with Crippen molar-refractivity contribution in [2.75, 3.05) is 26.3 Å². The zero-order valence-electron chi connectivity index (χ0n) is 18.0. The van der Waals surface area contributed by atoms with Crippen LogP contribution in [0.2, 0.25) is 0 Å². The summed E-state index contributed by atoms with van der Waals surface area (Å²) >= 11 is 0. The maximum absolute atomic E-state index is 13.0. The van der Waals surface area contributed by atoms with Gasteiger partial charge in [0.25, 0.3) is 0 Å². The minimum atomic E-state index is -3.58. The highest BCUT2D eigenvalue weighted by Gasteiger charge is 2.27. The van der Waals surface area contributed by atoms with E-state index in [0.29, 0.717) is 38.2 Å². The molecule has 1 aromatic carbocycles. The molecule has 1 aromatic heterocycles. The molecule has 0 amide bonds. The minimum absolute atomic E-state index is 0.149. The van der Waals surface area contributed by atoms with Gasteiger partial charge in [0.15, 0.2) is 0 Å². The predicted molar refractivity (Wildman–Crippen MR) is 114 cm³/mol. The van der Waals surface area contributed by atoms with Crippen molar-refractivity contribution in [2.24, 2.45) is 0 Å². The van der Waals surface area contributed by atoms with Gasteiger partial charge >= 0.3 is 5.97 Å². The van der Waals surface area contributed by atoms with E-state index in [9.17, 15) is 13.2 Å². The van der Waals surface area contributed by atoms with Gasteiger partial charge in [-0.2, -0.15) is 4.31 Å². The first kappa shape index (κ1) is 22.7. The second kappa shape index (κ2) is 9.89. The van der Waals surface area contributed by atoms with Crippen molar-refractivity contribution in [3.8, 4) is 0 Å². The molecule has 30 heavy (non-hydrogen) atoms. The number of fused-ring (bicyclic) bond motifs is 1. The molecule has 3 rings (SSSR count). The Balaban J connectivity index is 1.90. The number of morpholine rings is 1. The molecule has 0 N–H and O–H groups in total. The Morgan fingerprint density at radius 1 is 1.27 bits per heavy atom. The number of aromatic nitrogens is 2. The number of benzene rings is 1. The van der Waals surface area contributed by atoms with Gasteiger partial charge in [0.05, 0.1) is 41.7 Å². The fourth-order valence-electron chi connectivity index (χ4n) is 3.55. The van der Waals surface area contributed by atoms with E-state index in [1.54, 1.807) is 12.1 Å². The summed E-state index contributed by atoms with van der Waals surface area (Å²) in [7, 11) is -3.58. The van der Waals surface area contributed by atoms with Crippen LogP contribution < -0.4 is 0 Å². The lowest BCUT2D eigenvalue weighted by atomic mass is 10.2. The average Bonchev–Trinajstić information content (AvgIpc) is 3.07. The summed E-state index contributed by atoms with van der Waals surface area (Å²) in [6.07, 6.45) is 2.55. The molecule has 0 bridgehead atoms. The smallest absolute Gasteiger partial charge is 0.306 e. The molecular weight excluding hydrogens is 406 g/mol. The van der Waals surface area contributed by atoms with Crippen molar-refractivity contribution in [3.05, 3.63) is 24.0 Å². The van der Waals surface area contributed by atoms with Gasteiger partial charge in [-0.05, 0) is 38.5 Å². The topological polar surface area (TPSA) is 90.7 Å². The van der Waals surface area contributed by atoms with Crippen LogP contribution in [0.1, 0.15) is 45.9 Å². The highest BCUT2D eigenvalue weighted by atomic mass is 32.2. The van der Waals surface area contributed by atoms with Gasteiger partial charge in [-0.1, -0.05) is 13.3 Å². The van der Waals surface area contributed by atoms with Crippen molar-refractivity contribution >= 4 is 27.0 Å². The minimum Gasteiger partial charge on any atom is -0.463 e. The third kappa shape index (κ3) is 5.19. The van der Waals surface area contributed by atoms with Crippen LogP contribution in [0.3, 0.4) is 0 Å². The average molecular weight is 438 g/mol. The molecule has 166 valence electrons. The molecule has 0 unspecified atom stereocenters. The van der Waals surface area contributed by atoms with Crippen molar-refractivity contribution < 1.29 is 22.7 Å². The first-order chi connectivity index (χ1) is 14.3. The summed E-state index contributed by atoms with van der Waals surface area (Å²) in [6.45, 7) is 8.06. The number of rotatable bonds is 9. The number of esters is 1. The van der Waals surface area contributed by atoms with E-state index in [-0.39, 0.29) is 23.4 Å². The Kier molecular flexibility index (Phi) is 7.49. The lowest BCUT2D eigenvalue weighted by Gasteiger charge is -2.26. The van der Waals surface area contributed by atoms with Gasteiger partial charge < -0.3 is 14.0 Å². The van der Waals surface area contributed by atoms with Crippen LogP contribution >= 0.6 is 0 Å². The fraction of sp³-hybridized carbons (Fsp3) is 0.619. The second-order valence-electron chi connectivity index (χ2n) is 7.74. The number of hydrogen-bond donors (Lipinski definition) is 0. The quantitative estimate of drug-likeness (QED) is 0.560. The third-order valence-electron chi connectivity index (χ3n) is 5.06. The maximum atomic E-state index is 13.0. The molecule has 0 atom stereocenters. The predicted octanol–water partition coefficient (Wildman–Crippen LogP) is 2.74. The Hall–Kier alpha value is -1.97. The molecule has 0 saturated carbocycles. The normalized spacial score (nSPS) is 15.7. The van der Waals surface area contributed by atoms with Gasteiger partial charge in [-0.25, -0.2) is 13.4 Å². The molecular formula is C21H31N3O5S. The van der Waals surface area contributed by atoms with E-state index in [1.165, 1.54) is 4.31 Å². The lowest BCUT2D eigenvalue weighted by Crippen LogP contribution is -2.40. The Morgan fingerprint density at radius 3 is 2.67 bits per heavy atom. The Bertz CT molecular complexity index is 978. The van der Waals surface area contributed by atoms with E-state index in [1.807, 2.05) is 19.9 Å². The maximum Gasteiger partial charge on any atom is 0.306 e. The number of nitrogens with zero attached hydrogens (tertiary/aromatic N) is 3. The zero-order chi connectivity index (χ0) is 21.7. The molecule has 9 heteroatoms. The van der Waals surface area contributed by atoms with E-state index in [0.717, 1.165) is 30.7 Å². The second-order valence-corrected chi connectivity index (χ2v) is 9.68. The summed E-state index contributed by atoms with van der Waals surface area (Å²) in [5.74, 6) is 0.523. The highest BCUT2D eigenvalue weighted by molar-refractivity contribution is 7.89. The molecule has 1 aliphatic rings. The van der Waals surface area contributed by atoms with Crippen molar-refractivity contribution in [1.82, 2.24) is 13.9 Å². The molecule has 2 heterocycles. The molecule has 1 saturated heterocycles. The first-order valence-electron chi connectivity index (χ1n) is 10.6. The molecule has 1 aliphatic heterocycles. The van der Waals surface area contributed by atoms with E-state index in [4.69, 9.17) is 9.47 Å². The number of hydrogen-bond acceptors (Lipinski definition) is 6. The fourth-order valence-corrected chi connectivity index (χ4v) is 4.98. The number of carbonyl (C=O) groups excluding carboxylic acids is 1. The lowest BCUT2D eigenvalue weighted by molar-refractivity contribution is -0.147. The van der Waals surface area contributed by atoms with Crippen LogP contribution in [0, 0.1) is 0 Å². The van der Waals surface area contributed by atoms with Crippen molar-refractivity contribution in [3.63, 3.8) is 0 Å². The van der Waals surface area contributed by atoms with Crippen LogP contribution in [-0.2, 0) is 37.3 Å². The number of carbonyl (C=O) groups is 1. The molecule has 0 radical (unpaired) electrons.